The van der Waals surface area contributed by atoms with Crippen LogP contribution in [0.4, 0.5) is 5.69 Å². The molecule has 0 atom stereocenters. The lowest BCUT2D eigenvalue weighted by atomic mass is 9.98. The molecule has 0 aromatic heterocycles. The van der Waals surface area contributed by atoms with Gasteiger partial charge in [-0.3, -0.25) is 9.52 Å². The number of rotatable bonds is 5. The van der Waals surface area contributed by atoms with E-state index in [1.165, 1.54) is 0 Å². The Hall–Kier alpha value is -3.32. The van der Waals surface area contributed by atoms with Crippen molar-refractivity contribution in [3.05, 3.63) is 88.5 Å². The Morgan fingerprint density at radius 3 is 2.31 bits per heavy atom. The van der Waals surface area contributed by atoms with Crippen molar-refractivity contribution in [3.63, 3.8) is 0 Å². The first-order chi connectivity index (χ1) is 15.3. The third-order valence-electron chi connectivity index (χ3n) is 5.73. The number of methoxy groups -OCH3 is 1. The van der Waals surface area contributed by atoms with E-state index in [2.05, 4.69) is 4.72 Å². The second-order valence-corrected chi connectivity index (χ2v) is 9.70. The minimum absolute atomic E-state index is 0.0218. The molecule has 0 radical (unpaired) electrons. The maximum atomic E-state index is 13.0. The van der Waals surface area contributed by atoms with Gasteiger partial charge in [0.25, 0.3) is 15.9 Å². The minimum Gasteiger partial charge on any atom is -0.496 e. The smallest absolute Gasteiger partial charge is 0.261 e. The molecule has 0 fully saturated rings. The van der Waals surface area contributed by atoms with Crippen LogP contribution in [0.25, 0.3) is 0 Å². The summed E-state index contributed by atoms with van der Waals surface area (Å²) in [4.78, 5) is 14.8. The van der Waals surface area contributed by atoms with Gasteiger partial charge in [-0.2, -0.15) is 0 Å². The molecule has 0 spiro atoms. The highest BCUT2D eigenvalue weighted by Gasteiger charge is 2.23. The monoisotopic (exact) mass is 450 g/mol. The number of nitrogens with one attached hydrogen (secondary N) is 1. The summed E-state index contributed by atoms with van der Waals surface area (Å²) in [6, 6.07) is 17.9. The number of sulfonamides is 1. The highest BCUT2D eigenvalue weighted by Crippen LogP contribution is 2.29. The summed E-state index contributed by atoms with van der Waals surface area (Å²) < 4.78 is 34.0. The van der Waals surface area contributed by atoms with Crippen LogP contribution < -0.4 is 9.46 Å². The lowest BCUT2D eigenvalue weighted by Crippen LogP contribution is -2.36. The third-order valence-corrected chi connectivity index (χ3v) is 7.09. The van der Waals surface area contributed by atoms with Gasteiger partial charge in [0.2, 0.25) is 0 Å². The number of aryl methyl sites for hydroxylation is 2. The lowest BCUT2D eigenvalue weighted by molar-refractivity contribution is 0.0734. The van der Waals surface area contributed by atoms with Crippen molar-refractivity contribution in [1.82, 2.24) is 4.90 Å². The van der Waals surface area contributed by atoms with Crippen molar-refractivity contribution in [2.75, 3.05) is 18.4 Å². The molecule has 0 aliphatic carbocycles. The van der Waals surface area contributed by atoms with Crippen LogP contribution in [0.1, 0.15) is 32.6 Å². The predicted octanol–water partition coefficient (Wildman–Crippen LogP) is 4.31. The number of amides is 1. The van der Waals surface area contributed by atoms with Gasteiger partial charge in [0, 0.05) is 24.3 Å². The van der Waals surface area contributed by atoms with Gasteiger partial charge < -0.3 is 9.64 Å². The molecule has 0 unspecified atom stereocenters. The van der Waals surface area contributed by atoms with Crippen molar-refractivity contribution in [1.29, 1.82) is 0 Å². The Balaban J connectivity index is 1.56. The Bertz CT molecular complexity index is 1250. The Morgan fingerprint density at radius 2 is 1.66 bits per heavy atom. The van der Waals surface area contributed by atoms with E-state index in [9.17, 15) is 13.2 Å². The fourth-order valence-electron chi connectivity index (χ4n) is 4.16. The van der Waals surface area contributed by atoms with Gasteiger partial charge in [-0.05, 0) is 78.9 Å². The lowest BCUT2D eigenvalue weighted by Gasteiger charge is -2.29. The number of nitrogens with zero attached hydrogens (tertiary/aromatic N) is 1. The molecule has 32 heavy (non-hydrogen) atoms. The maximum absolute atomic E-state index is 13.0. The van der Waals surface area contributed by atoms with Crippen LogP contribution in [0.5, 0.6) is 5.75 Å². The second-order valence-electron chi connectivity index (χ2n) is 8.02. The molecule has 4 rings (SSSR count). The predicted molar refractivity (Wildman–Crippen MR) is 125 cm³/mol. The zero-order chi connectivity index (χ0) is 22.9. The summed E-state index contributed by atoms with van der Waals surface area (Å²) in [7, 11) is -2.20. The molecule has 1 aliphatic heterocycles. The van der Waals surface area contributed by atoms with Crippen LogP contribution in [-0.2, 0) is 23.0 Å². The van der Waals surface area contributed by atoms with Crippen LogP contribution in [0, 0.1) is 13.8 Å². The van der Waals surface area contributed by atoms with Crippen LogP contribution in [0.3, 0.4) is 0 Å². The molecule has 0 saturated heterocycles. The van der Waals surface area contributed by atoms with Crippen molar-refractivity contribution in [2.24, 2.45) is 0 Å². The fraction of sp³-hybridized carbons (Fsp3) is 0.240. The van der Waals surface area contributed by atoms with Gasteiger partial charge in [-0.1, -0.05) is 24.3 Å². The van der Waals surface area contributed by atoms with Gasteiger partial charge in [-0.15, -0.1) is 0 Å². The molecule has 6 nitrogen and oxygen atoms in total. The van der Waals surface area contributed by atoms with E-state index in [0.29, 0.717) is 30.1 Å². The van der Waals surface area contributed by atoms with Crippen molar-refractivity contribution in [2.45, 2.75) is 31.7 Å². The van der Waals surface area contributed by atoms with Crippen LogP contribution in [-0.4, -0.2) is 32.9 Å². The minimum atomic E-state index is -3.77. The summed E-state index contributed by atoms with van der Waals surface area (Å²) >= 11 is 0. The molecular weight excluding hydrogens is 424 g/mol. The highest BCUT2D eigenvalue weighted by atomic mass is 32.2. The van der Waals surface area contributed by atoms with E-state index < -0.39 is 10.0 Å². The number of benzene rings is 3. The maximum Gasteiger partial charge on any atom is 0.261 e. The number of carbonyl (C=O) groups excluding carboxylic acids is 1. The molecular formula is C25H26N2O4S. The zero-order valence-electron chi connectivity index (χ0n) is 18.4. The highest BCUT2D eigenvalue weighted by molar-refractivity contribution is 7.92. The first kappa shape index (κ1) is 21.9. The normalized spacial score (nSPS) is 13.4. The number of hydrogen-bond acceptors (Lipinski definition) is 4. The molecule has 3 aromatic rings. The molecule has 1 N–H and O–H groups in total. The quantitative estimate of drug-likeness (QED) is 0.628. The van der Waals surface area contributed by atoms with Crippen LogP contribution in [0.2, 0.25) is 0 Å². The third kappa shape index (κ3) is 4.34. The molecule has 7 heteroatoms. The van der Waals surface area contributed by atoms with Gasteiger partial charge >= 0.3 is 0 Å². The standard InChI is InChI=1S/C25H26N2O4S/c1-17-13-23(14-18(2)24(17)31-3)32(29,30)26-22-10-9-19-11-12-27(16-21(19)15-22)25(28)20-7-5-4-6-8-20/h4-10,13-15,26H,11-12,16H2,1-3H3. The number of ether oxygens (including phenoxy) is 1. The average molecular weight is 451 g/mol. The fourth-order valence-corrected chi connectivity index (χ4v) is 5.38. The van der Waals surface area contributed by atoms with E-state index in [4.69, 9.17) is 4.74 Å². The van der Waals surface area contributed by atoms with E-state index in [0.717, 1.165) is 28.7 Å². The van der Waals surface area contributed by atoms with Crippen molar-refractivity contribution in [3.8, 4) is 5.75 Å². The summed E-state index contributed by atoms with van der Waals surface area (Å²) in [6.45, 7) is 4.72. The Kier molecular flexibility index (Phi) is 5.93. The van der Waals surface area contributed by atoms with Crippen LogP contribution >= 0.6 is 0 Å². The van der Waals surface area contributed by atoms with Crippen LogP contribution in [0.15, 0.2) is 65.6 Å². The zero-order valence-corrected chi connectivity index (χ0v) is 19.2. The summed E-state index contributed by atoms with van der Waals surface area (Å²) in [5.41, 5.74) is 4.72. The Morgan fingerprint density at radius 1 is 0.969 bits per heavy atom. The largest absolute Gasteiger partial charge is 0.496 e. The molecule has 1 heterocycles. The first-order valence-electron chi connectivity index (χ1n) is 10.4. The van der Waals surface area contributed by atoms with Gasteiger partial charge in [0.05, 0.1) is 12.0 Å². The average Bonchev–Trinajstić information content (AvgIpc) is 2.78. The molecule has 3 aromatic carbocycles. The number of carbonyl (C=O) groups is 1. The molecule has 1 aliphatic rings. The number of hydrogen-bond donors (Lipinski definition) is 1. The summed E-state index contributed by atoms with van der Waals surface area (Å²) in [5.74, 6) is 0.660. The molecule has 0 bridgehead atoms. The van der Waals surface area contributed by atoms with Gasteiger partial charge in [0.15, 0.2) is 0 Å². The van der Waals surface area contributed by atoms with Gasteiger partial charge in [-0.25, -0.2) is 8.42 Å². The van der Waals surface area contributed by atoms with Crippen molar-refractivity contribution >= 4 is 21.6 Å². The topological polar surface area (TPSA) is 75.7 Å². The molecule has 166 valence electrons. The van der Waals surface area contributed by atoms with E-state index in [1.807, 2.05) is 44.2 Å². The SMILES string of the molecule is COc1c(C)cc(S(=O)(=O)Nc2ccc3c(c2)CN(C(=O)c2ccccc2)CC3)cc1C. The van der Waals surface area contributed by atoms with Crippen molar-refractivity contribution < 1.29 is 17.9 Å². The summed E-state index contributed by atoms with van der Waals surface area (Å²) in [6.07, 6.45) is 0.734. The first-order valence-corrected chi connectivity index (χ1v) is 11.9. The summed E-state index contributed by atoms with van der Waals surface area (Å²) in [5, 5.41) is 0. The van der Waals surface area contributed by atoms with E-state index in [1.54, 1.807) is 42.3 Å². The van der Waals surface area contributed by atoms with E-state index in [-0.39, 0.29) is 10.8 Å². The number of anilines is 1. The van der Waals surface area contributed by atoms with Gasteiger partial charge in [0.1, 0.15) is 5.75 Å². The number of fused-ring (bicyclic) bond motifs is 1. The molecule has 1 amide bonds. The second kappa shape index (κ2) is 8.67. The Labute approximate surface area is 188 Å². The molecule has 0 saturated carbocycles. The van der Waals surface area contributed by atoms with E-state index >= 15 is 0 Å².